The Bertz CT molecular complexity index is 1400. The Kier molecular flexibility index (Phi) is 7.55. The Balaban J connectivity index is 0.00000289. The Labute approximate surface area is 207 Å². The van der Waals surface area contributed by atoms with E-state index in [2.05, 4.69) is 15.2 Å². The summed E-state index contributed by atoms with van der Waals surface area (Å²) in [5.41, 5.74) is 8.85. The van der Waals surface area contributed by atoms with Crippen molar-refractivity contribution in [1.29, 1.82) is 0 Å². The average Bonchev–Trinajstić information content (AvgIpc) is 2.78. The molecule has 3 aromatic carbocycles. The number of nitrogens with zero attached hydrogens (tertiary/aromatic N) is 3. The van der Waals surface area contributed by atoms with Gasteiger partial charge in [-0.3, -0.25) is 9.54 Å². The molecule has 0 amide bonds. The van der Waals surface area contributed by atoms with Gasteiger partial charge in [0.15, 0.2) is 0 Å². The Morgan fingerprint density at radius 3 is 2.22 bits per heavy atom. The molecule has 3 N–H and O–H groups in total. The fraction of sp³-hybridized carbons (Fsp3) is 0. The molecule has 0 atom stereocenters. The summed E-state index contributed by atoms with van der Waals surface area (Å²) in [6, 6.07) is 21.2. The second-order valence-corrected chi connectivity index (χ2v) is 8.10. The molecule has 156 valence electrons. The van der Waals surface area contributed by atoms with E-state index in [1.54, 1.807) is 42.6 Å². The van der Waals surface area contributed by atoms with Crippen LogP contribution in [0.2, 0.25) is 0 Å². The summed E-state index contributed by atoms with van der Waals surface area (Å²) in [5.74, 6) is 0. The number of anilines is 1. The van der Waals surface area contributed by atoms with E-state index in [1.165, 1.54) is 6.07 Å². The van der Waals surface area contributed by atoms with Crippen LogP contribution in [0.15, 0.2) is 94.1 Å². The molecule has 0 aliphatic heterocycles. The van der Waals surface area contributed by atoms with Crippen molar-refractivity contribution in [2.24, 2.45) is 10.2 Å². The second-order valence-electron chi connectivity index (χ2n) is 6.71. The van der Waals surface area contributed by atoms with Crippen LogP contribution in [0.5, 0.6) is 0 Å². The molecular weight excluding hydrogens is 435 g/mol. The van der Waals surface area contributed by atoms with Crippen molar-refractivity contribution in [2.45, 2.75) is 4.90 Å². The Hall–Kier alpha value is -2.88. The summed E-state index contributed by atoms with van der Waals surface area (Å²) >= 11 is 0. The van der Waals surface area contributed by atoms with Crippen LogP contribution < -0.4 is 5.73 Å². The van der Waals surface area contributed by atoms with Gasteiger partial charge in [0.05, 0.1) is 17.6 Å². The first-order chi connectivity index (χ1) is 14.9. The zero-order valence-corrected chi connectivity index (χ0v) is 17.1. The van der Waals surface area contributed by atoms with Crippen LogP contribution in [0.4, 0.5) is 17.1 Å². The van der Waals surface area contributed by atoms with Crippen LogP contribution in [0.1, 0.15) is 11.3 Å². The van der Waals surface area contributed by atoms with Gasteiger partial charge in [-0.05, 0) is 29.8 Å². The molecule has 0 aliphatic carbocycles. The van der Waals surface area contributed by atoms with Gasteiger partial charge in [0.2, 0.25) is 0 Å². The van der Waals surface area contributed by atoms with Gasteiger partial charge in [0, 0.05) is 10.8 Å². The normalized spacial score (nSPS) is 11.8. The number of nitrogen functional groups attached to an aromatic ring is 1. The first-order valence-electron chi connectivity index (χ1n) is 9.31. The summed E-state index contributed by atoms with van der Waals surface area (Å²) in [6.45, 7) is 0. The molecule has 0 aliphatic rings. The third-order valence-electron chi connectivity index (χ3n) is 4.59. The third kappa shape index (κ3) is 5.48. The van der Waals surface area contributed by atoms with E-state index in [9.17, 15) is 13.0 Å². The number of nitrogens with two attached hydrogens (primary N) is 1. The van der Waals surface area contributed by atoms with Crippen molar-refractivity contribution in [1.82, 2.24) is 4.98 Å². The van der Waals surface area contributed by atoms with E-state index in [-0.39, 0.29) is 45.8 Å². The predicted molar refractivity (Wildman–Crippen MR) is 129 cm³/mol. The quantitative estimate of drug-likeness (QED) is 0.190. The van der Waals surface area contributed by atoms with E-state index in [1.807, 2.05) is 42.5 Å². The molecule has 0 saturated heterocycles. The van der Waals surface area contributed by atoms with Crippen LogP contribution in [-0.4, -0.2) is 47.5 Å². The van der Waals surface area contributed by atoms with Gasteiger partial charge in [-0.1, -0.05) is 60.7 Å². The van der Waals surface area contributed by atoms with E-state index >= 15 is 0 Å². The van der Waals surface area contributed by atoms with E-state index in [0.29, 0.717) is 16.5 Å². The molecule has 0 spiro atoms. The number of hydrogen-bond acceptors (Lipinski definition) is 6. The van der Waals surface area contributed by atoms with Crippen LogP contribution in [0, 0.1) is 0 Å². The molecule has 1 aromatic heterocycles. The topological polar surface area (TPSA) is 118 Å². The number of fused-ring (bicyclic) bond motifs is 1. The number of rotatable bonds is 5. The van der Waals surface area contributed by atoms with Gasteiger partial charge in [0.25, 0.3) is 10.1 Å². The van der Waals surface area contributed by atoms with Crippen molar-refractivity contribution >= 4 is 79.7 Å². The first kappa shape index (κ1) is 23.8. The van der Waals surface area contributed by atoms with Crippen molar-refractivity contribution < 1.29 is 13.0 Å². The third-order valence-corrected chi connectivity index (χ3v) is 5.49. The molecule has 4 aromatic rings. The van der Waals surface area contributed by atoms with Gasteiger partial charge in [-0.15, -0.1) is 10.2 Å². The van der Waals surface area contributed by atoms with Crippen molar-refractivity contribution in [3.05, 3.63) is 90.3 Å². The zero-order chi connectivity index (χ0) is 21.8. The summed E-state index contributed by atoms with van der Waals surface area (Å²) < 4.78 is 33.2. The second kappa shape index (κ2) is 10.2. The maximum absolute atomic E-state index is 11.8. The van der Waals surface area contributed by atoms with Crippen molar-refractivity contribution in [2.75, 3.05) is 5.73 Å². The fourth-order valence-corrected chi connectivity index (χ4v) is 3.78. The molecule has 9 heteroatoms. The Morgan fingerprint density at radius 1 is 0.875 bits per heavy atom. The molecule has 7 nitrogen and oxygen atoms in total. The molecule has 32 heavy (non-hydrogen) atoms. The number of azo groups is 1. The van der Waals surface area contributed by atoms with Crippen LogP contribution in [0.3, 0.4) is 0 Å². The standard InChI is InChI=1S/C23H18N4O3S.Na.H/c24-23-20-9-5-4-8-19(20)22(31(28,29)30)14-21(23)27-26-18-13-12-17(25-15-18)11-10-16-6-2-1-3-7-16;;/h1-15H,24H2,(H,28,29,30);;/b11-10+,27-26+;;. The summed E-state index contributed by atoms with van der Waals surface area (Å²) in [6.07, 6.45) is 5.39. The van der Waals surface area contributed by atoms with Crippen molar-refractivity contribution in [3.63, 3.8) is 0 Å². The minimum absolute atomic E-state index is 0. The molecule has 0 radical (unpaired) electrons. The summed E-state index contributed by atoms with van der Waals surface area (Å²) in [4.78, 5) is 4.06. The maximum atomic E-state index is 11.8. The van der Waals surface area contributed by atoms with Gasteiger partial charge < -0.3 is 5.73 Å². The number of aromatic nitrogens is 1. The van der Waals surface area contributed by atoms with Crippen LogP contribution in [-0.2, 0) is 10.1 Å². The van der Waals surface area contributed by atoms with Crippen molar-refractivity contribution in [3.8, 4) is 0 Å². The number of pyridine rings is 1. The SMILES string of the molecule is Nc1c(/N=N/c2ccc(/C=C/c3ccccc3)nc2)cc(S(=O)(=O)O)c2ccccc12.[NaH]. The average molecular weight is 454 g/mol. The Morgan fingerprint density at radius 2 is 1.56 bits per heavy atom. The molecule has 0 fully saturated rings. The fourth-order valence-electron chi connectivity index (χ4n) is 3.06. The number of hydrogen-bond donors (Lipinski definition) is 2. The molecule has 4 rings (SSSR count). The monoisotopic (exact) mass is 454 g/mol. The van der Waals surface area contributed by atoms with Gasteiger partial charge in [-0.25, -0.2) is 0 Å². The number of benzene rings is 3. The predicted octanol–water partition coefficient (Wildman–Crippen LogP) is 5.00. The van der Waals surface area contributed by atoms with Crippen LogP contribution >= 0.6 is 0 Å². The molecule has 1 heterocycles. The van der Waals surface area contributed by atoms with Gasteiger partial charge in [0.1, 0.15) is 16.3 Å². The summed E-state index contributed by atoms with van der Waals surface area (Å²) in [5, 5.41) is 8.98. The van der Waals surface area contributed by atoms with E-state index in [4.69, 9.17) is 5.73 Å². The summed E-state index contributed by atoms with van der Waals surface area (Å²) in [7, 11) is -4.46. The van der Waals surface area contributed by atoms with Crippen LogP contribution in [0.25, 0.3) is 22.9 Å². The molecular formula is C23H19N4NaO3S. The first-order valence-corrected chi connectivity index (χ1v) is 10.8. The van der Waals surface area contributed by atoms with E-state index < -0.39 is 10.1 Å². The molecule has 0 unspecified atom stereocenters. The zero-order valence-electron chi connectivity index (χ0n) is 16.3. The minimum atomic E-state index is -4.46. The van der Waals surface area contributed by atoms with Gasteiger partial charge >= 0.3 is 29.6 Å². The van der Waals surface area contributed by atoms with Gasteiger partial charge in [-0.2, -0.15) is 8.42 Å². The molecule has 0 saturated carbocycles. The molecule has 0 bridgehead atoms. The van der Waals surface area contributed by atoms with E-state index in [0.717, 1.165) is 11.3 Å².